The Bertz CT molecular complexity index is 598. The zero-order valence-corrected chi connectivity index (χ0v) is 14.8. The first-order valence-corrected chi connectivity index (χ1v) is 9.35. The van der Waals surface area contributed by atoms with Crippen molar-refractivity contribution in [3.63, 3.8) is 0 Å². The van der Waals surface area contributed by atoms with Gasteiger partial charge in [0.25, 0.3) is 0 Å². The van der Waals surface area contributed by atoms with Gasteiger partial charge in [-0.3, -0.25) is 0 Å². The van der Waals surface area contributed by atoms with E-state index >= 15 is 0 Å². The van der Waals surface area contributed by atoms with Gasteiger partial charge in [-0.25, -0.2) is 13.1 Å². The summed E-state index contributed by atoms with van der Waals surface area (Å²) in [5.41, 5.74) is 1.67. The summed E-state index contributed by atoms with van der Waals surface area (Å²) in [6.07, 6.45) is 0. The van der Waals surface area contributed by atoms with Crippen LogP contribution in [0.3, 0.4) is 0 Å². The number of rotatable bonds is 5. The van der Waals surface area contributed by atoms with Gasteiger partial charge in [0.15, 0.2) is 0 Å². The van der Waals surface area contributed by atoms with Crippen molar-refractivity contribution in [1.29, 1.82) is 0 Å². The molecular formula is C14H22BrN2O3S+. The lowest BCUT2D eigenvalue weighted by molar-refractivity contribution is -0.906. The van der Waals surface area contributed by atoms with Crippen LogP contribution in [0.25, 0.3) is 0 Å². The average molecular weight is 378 g/mol. The molecule has 0 radical (unpaired) electrons. The Hall–Kier alpha value is -0.470. The SMILES string of the molecule is Cc1cc(S(=O)(=O)NCC[NH+]2CCOCC2)c(C)cc1Br. The molecule has 5 nitrogen and oxygen atoms in total. The molecule has 0 atom stereocenters. The highest BCUT2D eigenvalue weighted by molar-refractivity contribution is 9.10. The van der Waals surface area contributed by atoms with Crippen LogP contribution in [0.2, 0.25) is 0 Å². The fourth-order valence-electron chi connectivity index (χ4n) is 2.39. The lowest BCUT2D eigenvalue weighted by Crippen LogP contribution is -3.14. The van der Waals surface area contributed by atoms with Gasteiger partial charge < -0.3 is 9.64 Å². The van der Waals surface area contributed by atoms with E-state index in [1.54, 1.807) is 6.07 Å². The van der Waals surface area contributed by atoms with Gasteiger partial charge in [0.05, 0.1) is 31.2 Å². The van der Waals surface area contributed by atoms with Crippen LogP contribution < -0.4 is 9.62 Å². The summed E-state index contributed by atoms with van der Waals surface area (Å²) < 4.78 is 33.7. The number of hydrogen-bond donors (Lipinski definition) is 2. The summed E-state index contributed by atoms with van der Waals surface area (Å²) >= 11 is 3.42. The average Bonchev–Trinajstić information content (AvgIpc) is 2.43. The molecule has 0 amide bonds. The van der Waals surface area contributed by atoms with E-state index in [0.717, 1.165) is 48.4 Å². The molecule has 1 saturated heterocycles. The fourth-order valence-corrected chi connectivity index (χ4v) is 4.19. The lowest BCUT2D eigenvalue weighted by Gasteiger charge is -2.23. The van der Waals surface area contributed by atoms with Gasteiger partial charge in [0, 0.05) is 4.47 Å². The third kappa shape index (κ3) is 4.50. The van der Waals surface area contributed by atoms with Crippen molar-refractivity contribution in [3.8, 4) is 0 Å². The highest BCUT2D eigenvalue weighted by Gasteiger charge is 2.19. The number of benzene rings is 1. The molecule has 0 saturated carbocycles. The van der Waals surface area contributed by atoms with Crippen molar-refractivity contribution in [2.45, 2.75) is 18.7 Å². The normalized spacial score (nSPS) is 17.1. The topological polar surface area (TPSA) is 59.8 Å². The number of quaternary nitrogens is 1. The molecule has 2 N–H and O–H groups in total. The van der Waals surface area contributed by atoms with E-state index in [-0.39, 0.29) is 0 Å². The van der Waals surface area contributed by atoms with Crippen LogP contribution >= 0.6 is 15.9 Å². The maximum Gasteiger partial charge on any atom is 0.241 e. The monoisotopic (exact) mass is 377 g/mol. The zero-order valence-electron chi connectivity index (χ0n) is 12.4. The Morgan fingerprint density at radius 3 is 2.57 bits per heavy atom. The molecule has 1 aliphatic rings. The number of ether oxygens (including phenoxy) is 1. The summed E-state index contributed by atoms with van der Waals surface area (Å²) in [4.78, 5) is 1.74. The molecule has 1 aromatic rings. The zero-order chi connectivity index (χ0) is 15.5. The molecule has 1 fully saturated rings. The van der Waals surface area contributed by atoms with Crippen LogP contribution in [-0.4, -0.2) is 47.8 Å². The molecule has 0 spiro atoms. The maximum absolute atomic E-state index is 12.4. The number of nitrogens with one attached hydrogen (secondary N) is 2. The first-order chi connectivity index (χ1) is 9.90. The minimum Gasteiger partial charge on any atom is -0.370 e. The Kier molecular flexibility index (Phi) is 5.79. The van der Waals surface area contributed by atoms with E-state index in [4.69, 9.17) is 4.74 Å². The van der Waals surface area contributed by atoms with Crippen LogP contribution in [-0.2, 0) is 14.8 Å². The van der Waals surface area contributed by atoms with E-state index in [0.29, 0.717) is 11.4 Å². The van der Waals surface area contributed by atoms with Crippen molar-refractivity contribution in [2.24, 2.45) is 0 Å². The first kappa shape index (κ1) is 16.9. The van der Waals surface area contributed by atoms with Crippen molar-refractivity contribution in [2.75, 3.05) is 39.4 Å². The van der Waals surface area contributed by atoms with Gasteiger partial charge in [-0.2, -0.15) is 0 Å². The summed E-state index contributed by atoms with van der Waals surface area (Å²) in [5.74, 6) is 0. The third-order valence-electron chi connectivity index (χ3n) is 3.72. The Morgan fingerprint density at radius 1 is 1.24 bits per heavy atom. The summed E-state index contributed by atoms with van der Waals surface area (Å²) in [6, 6.07) is 3.56. The molecule has 1 heterocycles. The Balaban J connectivity index is 1.99. The summed E-state index contributed by atoms with van der Waals surface area (Å²) in [7, 11) is -3.45. The quantitative estimate of drug-likeness (QED) is 0.773. The predicted molar refractivity (Wildman–Crippen MR) is 85.2 cm³/mol. The lowest BCUT2D eigenvalue weighted by atomic mass is 10.2. The number of hydrogen-bond acceptors (Lipinski definition) is 3. The van der Waals surface area contributed by atoms with Gasteiger partial charge in [-0.15, -0.1) is 0 Å². The number of morpholine rings is 1. The molecule has 118 valence electrons. The van der Waals surface area contributed by atoms with E-state index in [1.165, 1.54) is 4.90 Å². The first-order valence-electron chi connectivity index (χ1n) is 7.08. The summed E-state index contributed by atoms with van der Waals surface area (Å²) in [6.45, 7) is 8.34. The fraction of sp³-hybridized carbons (Fsp3) is 0.571. The number of aryl methyl sites for hydroxylation is 2. The maximum atomic E-state index is 12.4. The Morgan fingerprint density at radius 2 is 1.90 bits per heavy atom. The van der Waals surface area contributed by atoms with E-state index < -0.39 is 10.0 Å². The largest absolute Gasteiger partial charge is 0.370 e. The van der Waals surface area contributed by atoms with Gasteiger partial charge >= 0.3 is 0 Å². The van der Waals surface area contributed by atoms with Crippen molar-refractivity contribution < 1.29 is 18.1 Å². The molecule has 1 aromatic carbocycles. The molecule has 1 aliphatic heterocycles. The molecule has 0 unspecified atom stereocenters. The molecule has 7 heteroatoms. The minimum absolute atomic E-state index is 0.361. The van der Waals surface area contributed by atoms with E-state index in [9.17, 15) is 8.42 Å². The van der Waals surface area contributed by atoms with E-state index in [1.807, 2.05) is 19.9 Å². The summed E-state index contributed by atoms with van der Waals surface area (Å²) in [5, 5.41) is 0. The molecule has 21 heavy (non-hydrogen) atoms. The molecule has 0 bridgehead atoms. The second kappa shape index (κ2) is 7.19. The van der Waals surface area contributed by atoms with Crippen LogP contribution in [0.1, 0.15) is 11.1 Å². The predicted octanol–water partition coefficient (Wildman–Crippen LogP) is 0.259. The molecule has 2 rings (SSSR count). The number of halogens is 1. The molecule has 0 aliphatic carbocycles. The van der Waals surface area contributed by atoms with Crippen molar-refractivity contribution in [3.05, 3.63) is 27.7 Å². The van der Waals surface area contributed by atoms with Gasteiger partial charge in [0.2, 0.25) is 10.0 Å². The van der Waals surface area contributed by atoms with Gasteiger partial charge in [-0.1, -0.05) is 15.9 Å². The van der Waals surface area contributed by atoms with Crippen LogP contribution in [0, 0.1) is 13.8 Å². The minimum atomic E-state index is -3.45. The standard InChI is InChI=1S/C14H21BrN2O3S/c1-11-10-14(12(2)9-13(11)15)21(18,19)16-3-4-17-5-7-20-8-6-17/h9-10,16H,3-8H2,1-2H3/p+1. The number of sulfonamides is 1. The highest BCUT2D eigenvalue weighted by atomic mass is 79.9. The van der Waals surface area contributed by atoms with Crippen molar-refractivity contribution in [1.82, 2.24) is 4.72 Å². The molecule has 0 aromatic heterocycles. The highest BCUT2D eigenvalue weighted by Crippen LogP contribution is 2.23. The molecular weight excluding hydrogens is 356 g/mol. The smallest absolute Gasteiger partial charge is 0.241 e. The second-order valence-corrected chi connectivity index (χ2v) is 7.97. The van der Waals surface area contributed by atoms with Gasteiger partial charge in [-0.05, 0) is 37.1 Å². The van der Waals surface area contributed by atoms with E-state index in [2.05, 4.69) is 20.7 Å². The third-order valence-corrected chi connectivity index (χ3v) is 6.17. The van der Waals surface area contributed by atoms with Crippen LogP contribution in [0.15, 0.2) is 21.5 Å². The van der Waals surface area contributed by atoms with Crippen LogP contribution in [0.4, 0.5) is 0 Å². The second-order valence-electron chi connectivity index (χ2n) is 5.38. The van der Waals surface area contributed by atoms with Gasteiger partial charge in [0.1, 0.15) is 13.1 Å². The van der Waals surface area contributed by atoms with Crippen LogP contribution in [0.5, 0.6) is 0 Å². The van der Waals surface area contributed by atoms with Crippen molar-refractivity contribution >= 4 is 26.0 Å². The Labute approximate surface area is 134 Å².